The second-order valence-electron chi connectivity index (χ2n) is 6.75. The highest BCUT2D eigenvalue weighted by Gasteiger charge is 2.23. The molecule has 0 aromatic carbocycles. The van der Waals surface area contributed by atoms with Crippen molar-refractivity contribution in [3.63, 3.8) is 0 Å². The van der Waals surface area contributed by atoms with Crippen LogP contribution in [0, 0.1) is 5.92 Å². The van der Waals surface area contributed by atoms with Crippen molar-refractivity contribution in [1.29, 1.82) is 0 Å². The van der Waals surface area contributed by atoms with Crippen molar-refractivity contribution in [3.05, 3.63) is 24.0 Å². The summed E-state index contributed by atoms with van der Waals surface area (Å²) in [6.07, 6.45) is 4.23. The minimum atomic E-state index is 0.0421. The minimum Gasteiger partial charge on any atom is -0.353 e. The highest BCUT2D eigenvalue weighted by molar-refractivity contribution is 5.78. The zero-order valence-corrected chi connectivity index (χ0v) is 15.9. The predicted octanol–water partition coefficient (Wildman–Crippen LogP) is 3.52. The van der Waals surface area contributed by atoms with Gasteiger partial charge in [-0.2, -0.15) is 0 Å². The van der Waals surface area contributed by atoms with Crippen LogP contribution in [0.4, 0.5) is 0 Å². The van der Waals surface area contributed by atoms with Crippen LogP contribution in [0.1, 0.15) is 53.2 Å². The van der Waals surface area contributed by atoms with Crippen LogP contribution < -0.4 is 0 Å². The van der Waals surface area contributed by atoms with Crippen LogP contribution in [0.15, 0.2) is 18.3 Å². The van der Waals surface area contributed by atoms with Crippen molar-refractivity contribution in [3.8, 4) is 0 Å². The van der Waals surface area contributed by atoms with E-state index in [0.29, 0.717) is 6.54 Å². The average Bonchev–Trinajstić information content (AvgIpc) is 2.93. The summed E-state index contributed by atoms with van der Waals surface area (Å²) in [5, 5.41) is 0. The van der Waals surface area contributed by atoms with Gasteiger partial charge in [0.2, 0.25) is 5.91 Å². The van der Waals surface area contributed by atoms with Gasteiger partial charge in [0.05, 0.1) is 6.54 Å². The first-order valence-corrected chi connectivity index (χ1v) is 9.03. The van der Waals surface area contributed by atoms with Gasteiger partial charge >= 0.3 is 0 Å². The Bertz CT molecular complexity index is 463. The molecule has 132 valence electrons. The Kier molecular flexibility index (Phi) is 8.38. The Balaban J connectivity index is 2.67. The Morgan fingerprint density at radius 1 is 1.22 bits per heavy atom. The van der Waals surface area contributed by atoms with Gasteiger partial charge in [-0.15, -0.1) is 0 Å². The SMILES string of the molecule is CCN(CC)CCCC(C)N(Cc1cccn1C)C(=O)C(C)C. The van der Waals surface area contributed by atoms with E-state index < -0.39 is 0 Å². The largest absolute Gasteiger partial charge is 0.353 e. The molecule has 0 N–H and O–H groups in total. The third-order valence-electron chi connectivity index (χ3n) is 4.68. The topological polar surface area (TPSA) is 28.5 Å². The first kappa shape index (κ1) is 19.8. The molecule has 0 saturated carbocycles. The summed E-state index contributed by atoms with van der Waals surface area (Å²) in [4.78, 5) is 17.1. The molecule has 0 spiro atoms. The van der Waals surface area contributed by atoms with Crippen LogP contribution in [0.2, 0.25) is 0 Å². The summed E-state index contributed by atoms with van der Waals surface area (Å²) in [5.74, 6) is 0.294. The number of aryl methyl sites for hydroxylation is 1. The molecule has 0 fully saturated rings. The summed E-state index contributed by atoms with van der Waals surface area (Å²) in [7, 11) is 2.04. The van der Waals surface area contributed by atoms with E-state index in [-0.39, 0.29) is 17.9 Å². The molecule has 0 aliphatic rings. The molecule has 0 saturated heterocycles. The Labute approximate surface area is 142 Å². The number of carbonyl (C=O) groups excluding carboxylic acids is 1. The normalized spacial score (nSPS) is 12.9. The molecule has 4 heteroatoms. The maximum absolute atomic E-state index is 12.6. The number of hydrogen-bond donors (Lipinski definition) is 0. The number of hydrogen-bond acceptors (Lipinski definition) is 2. The van der Waals surface area contributed by atoms with Gasteiger partial charge in [0.1, 0.15) is 0 Å². The van der Waals surface area contributed by atoms with Gasteiger partial charge < -0.3 is 14.4 Å². The van der Waals surface area contributed by atoms with Crippen LogP contribution in [-0.2, 0) is 18.4 Å². The molecule has 1 amide bonds. The highest BCUT2D eigenvalue weighted by atomic mass is 16.2. The van der Waals surface area contributed by atoms with Crippen molar-refractivity contribution in [2.45, 2.75) is 60.0 Å². The van der Waals surface area contributed by atoms with Crippen molar-refractivity contribution in [1.82, 2.24) is 14.4 Å². The lowest BCUT2D eigenvalue weighted by Crippen LogP contribution is -2.41. The summed E-state index contributed by atoms with van der Waals surface area (Å²) in [6.45, 7) is 14.6. The standard InChI is InChI=1S/C19H35N3O/c1-7-21(8-2)14-9-11-17(5)22(19(23)16(3)4)15-18-12-10-13-20(18)6/h10,12-13,16-17H,7-9,11,14-15H2,1-6H3. The summed E-state index contributed by atoms with van der Waals surface area (Å²) in [5.41, 5.74) is 1.19. The van der Waals surface area contributed by atoms with Crippen LogP contribution in [-0.4, -0.2) is 46.0 Å². The maximum atomic E-state index is 12.6. The van der Waals surface area contributed by atoms with Crippen LogP contribution in [0.3, 0.4) is 0 Å². The zero-order valence-electron chi connectivity index (χ0n) is 15.9. The van der Waals surface area contributed by atoms with Crippen LogP contribution >= 0.6 is 0 Å². The maximum Gasteiger partial charge on any atom is 0.225 e. The van der Waals surface area contributed by atoms with Gasteiger partial charge in [-0.25, -0.2) is 0 Å². The molecule has 23 heavy (non-hydrogen) atoms. The van der Waals surface area contributed by atoms with Crippen molar-refractivity contribution in [2.75, 3.05) is 19.6 Å². The molecule has 0 aliphatic carbocycles. The highest BCUT2D eigenvalue weighted by Crippen LogP contribution is 2.16. The third kappa shape index (κ3) is 6.02. The first-order valence-electron chi connectivity index (χ1n) is 9.03. The minimum absolute atomic E-state index is 0.0421. The number of nitrogens with zero attached hydrogens (tertiary/aromatic N) is 3. The van der Waals surface area contributed by atoms with Gasteiger partial charge in [-0.3, -0.25) is 4.79 Å². The van der Waals surface area contributed by atoms with Gasteiger partial charge in [0.25, 0.3) is 0 Å². The van der Waals surface area contributed by atoms with Gasteiger partial charge in [-0.05, 0) is 51.5 Å². The van der Waals surface area contributed by atoms with E-state index in [4.69, 9.17) is 0 Å². The lowest BCUT2D eigenvalue weighted by Gasteiger charge is -2.31. The third-order valence-corrected chi connectivity index (χ3v) is 4.68. The first-order chi connectivity index (χ1) is 10.9. The molecule has 1 atom stereocenters. The molecule has 1 rings (SSSR count). The van der Waals surface area contributed by atoms with Crippen molar-refractivity contribution < 1.29 is 4.79 Å². The van der Waals surface area contributed by atoms with E-state index in [9.17, 15) is 4.79 Å². The fourth-order valence-electron chi connectivity index (χ4n) is 2.92. The number of carbonyl (C=O) groups is 1. The van der Waals surface area contributed by atoms with Crippen LogP contribution in [0.5, 0.6) is 0 Å². The predicted molar refractivity (Wildman–Crippen MR) is 97.3 cm³/mol. The summed E-state index contributed by atoms with van der Waals surface area (Å²) >= 11 is 0. The van der Waals surface area contributed by atoms with Crippen molar-refractivity contribution >= 4 is 5.91 Å². The zero-order chi connectivity index (χ0) is 17.4. The molecule has 0 radical (unpaired) electrons. The smallest absolute Gasteiger partial charge is 0.225 e. The van der Waals surface area contributed by atoms with Gasteiger partial charge in [0, 0.05) is 30.9 Å². The molecule has 1 heterocycles. The van der Waals surface area contributed by atoms with Gasteiger partial charge in [-0.1, -0.05) is 27.7 Å². The van der Waals surface area contributed by atoms with E-state index in [1.807, 2.05) is 33.2 Å². The Hall–Kier alpha value is -1.29. The molecule has 0 aliphatic heterocycles. The monoisotopic (exact) mass is 321 g/mol. The van der Waals surface area contributed by atoms with Crippen LogP contribution in [0.25, 0.3) is 0 Å². The van der Waals surface area contributed by atoms with E-state index in [1.54, 1.807) is 0 Å². The number of aromatic nitrogens is 1. The molecule has 0 bridgehead atoms. The number of rotatable bonds is 10. The summed E-state index contributed by atoms with van der Waals surface area (Å²) < 4.78 is 2.10. The Morgan fingerprint density at radius 2 is 1.87 bits per heavy atom. The fraction of sp³-hybridized carbons (Fsp3) is 0.737. The molecule has 4 nitrogen and oxygen atoms in total. The Morgan fingerprint density at radius 3 is 2.35 bits per heavy atom. The average molecular weight is 322 g/mol. The molecular formula is C19H35N3O. The molecule has 1 aromatic rings. The second-order valence-corrected chi connectivity index (χ2v) is 6.75. The quantitative estimate of drug-likeness (QED) is 0.659. The fourth-order valence-corrected chi connectivity index (χ4v) is 2.92. The molecule has 1 aromatic heterocycles. The van der Waals surface area contributed by atoms with E-state index in [2.05, 4.69) is 41.2 Å². The van der Waals surface area contributed by atoms with E-state index in [0.717, 1.165) is 32.5 Å². The van der Waals surface area contributed by atoms with E-state index >= 15 is 0 Å². The van der Waals surface area contributed by atoms with E-state index in [1.165, 1.54) is 5.69 Å². The van der Waals surface area contributed by atoms with Crippen molar-refractivity contribution in [2.24, 2.45) is 13.0 Å². The number of amides is 1. The van der Waals surface area contributed by atoms with Gasteiger partial charge in [0.15, 0.2) is 0 Å². The second kappa shape index (κ2) is 9.76. The lowest BCUT2D eigenvalue weighted by atomic mass is 10.1. The lowest BCUT2D eigenvalue weighted by molar-refractivity contribution is -0.137. The summed E-state index contributed by atoms with van der Waals surface area (Å²) in [6, 6.07) is 4.41. The molecular weight excluding hydrogens is 286 g/mol. The molecule has 1 unspecified atom stereocenters.